The standard InChI is InChI=1S/C12H19Cl2N5.HI/c1-18(2)12(19(3)4)16-6-5-15-11-10(14)7-9(13)8-17-11;/h7-8H,5-6H2,1-4H3,(H,15,17);1H. The molecule has 0 aliphatic carbocycles. The molecule has 0 aromatic carbocycles. The lowest BCUT2D eigenvalue weighted by atomic mass is 10.4. The third kappa shape index (κ3) is 6.32. The van der Waals surface area contributed by atoms with Gasteiger partial charge in [0.2, 0.25) is 0 Å². The smallest absolute Gasteiger partial charge is 0.195 e. The maximum atomic E-state index is 6.01. The van der Waals surface area contributed by atoms with E-state index < -0.39 is 0 Å². The number of nitrogens with one attached hydrogen (secondary N) is 1. The molecule has 1 aromatic heterocycles. The molecule has 1 rings (SSSR count). The normalized spacial score (nSPS) is 9.50. The van der Waals surface area contributed by atoms with E-state index >= 15 is 0 Å². The number of guanidine groups is 1. The molecule has 8 heteroatoms. The first kappa shape index (κ1) is 19.5. The summed E-state index contributed by atoms with van der Waals surface area (Å²) in [7, 11) is 7.85. The monoisotopic (exact) mass is 431 g/mol. The highest BCUT2D eigenvalue weighted by atomic mass is 127. The number of pyridine rings is 1. The summed E-state index contributed by atoms with van der Waals surface area (Å²) in [6.45, 7) is 1.28. The van der Waals surface area contributed by atoms with Gasteiger partial charge in [-0.2, -0.15) is 0 Å². The zero-order valence-electron chi connectivity index (χ0n) is 12.0. The minimum absolute atomic E-state index is 0. The molecule has 0 amide bonds. The Hall–Kier alpha value is -0.470. The molecule has 1 aromatic rings. The van der Waals surface area contributed by atoms with Crippen LogP contribution < -0.4 is 5.32 Å². The lowest BCUT2D eigenvalue weighted by molar-refractivity contribution is 0.480. The van der Waals surface area contributed by atoms with Crippen LogP contribution in [0.15, 0.2) is 17.3 Å². The molecule has 0 atom stereocenters. The highest BCUT2D eigenvalue weighted by Crippen LogP contribution is 2.22. The molecule has 0 radical (unpaired) electrons. The molecule has 1 heterocycles. The summed E-state index contributed by atoms with van der Waals surface area (Å²) in [4.78, 5) is 12.5. The van der Waals surface area contributed by atoms with Crippen LogP contribution in [0.3, 0.4) is 0 Å². The van der Waals surface area contributed by atoms with Gasteiger partial charge in [-0.3, -0.25) is 4.99 Å². The average Bonchev–Trinajstić information content (AvgIpc) is 2.30. The number of rotatable bonds is 4. The summed E-state index contributed by atoms with van der Waals surface area (Å²) < 4.78 is 0. The van der Waals surface area contributed by atoms with Gasteiger partial charge in [-0.25, -0.2) is 4.98 Å². The lowest BCUT2D eigenvalue weighted by Gasteiger charge is -2.22. The van der Waals surface area contributed by atoms with Crippen LogP contribution in [0.4, 0.5) is 5.82 Å². The fourth-order valence-electron chi connectivity index (χ4n) is 1.56. The largest absolute Gasteiger partial charge is 0.367 e. The molecule has 0 spiro atoms. The molecule has 20 heavy (non-hydrogen) atoms. The van der Waals surface area contributed by atoms with Crippen LogP contribution in [0.1, 0.15) is 0 Å². The Labute approximate surface area is 147 Å². The Morgan fingerprint density at radius 3 is 2.35 bits per heavy atom. The first-order chi connectivity index (χ1) is 8.91. The molecule has 0 bridgehead atoms. The van der Waals surface area contributed by atoms with Crippen LogP contribution in [-0.2, 0) is 0 Å². The van der Waals surface area contributed by atoms with Gasteiger partial charge in [-0.05, 0) is 6.07 Å². The van der Waals surface area contributed by atoms with E-state index in [-0.39, 0.29) is 24.0 Å². The van der Waals surface area contributed by atoms with Gasteiger partial charge in [-0.1, -0.05) is 23.2 Å². The van der Waals surface area contributed by atoms with E-state index in [4.69, 9.17) is 23.2 Å². The van der Waals surface area contributed by atoms with E-state index in [1.165, 1.54) is 0 Å². The first-order valence-electron chi connectivity index (χ1n) is 5.86. The summed E-state index contributed by atoms with van der Waals surface area (Å²) >= 11 is 11.8. The van der Waals surface area contributed by atoms with E-state index in [0.29, 0.717) is 29.0 Å². The van der Waals surface area contributed by atoms with Crippen LogP contribution in [0.2, 0.25) is 10.0 Å². The summed E-state index contributed by atoms with van der Waals surface area (Å²) in [6.07, 6.45) is 1.56. The second-order valence-corrected chi connectivity index (χ2v) is 5.22. The molecule has 0 aliphatic rings. The number of aliphatic imine (C=N–C) groups is 1. The van der Waals surface area contributed by atoms with Gasteiger partial charge >= 0.3 is 0 Å². The Bertz CT molecular complexity index is 441. The first-order valence-corrected chi connectivity index (χ1v) is 6.61. The van der Waals surface area contributed by atoms with Crippen molar-refractivity contribution in [3.8, 4) is 0 Å². The SMILES string of the molecule is CN(C)C(=NCCNc1ncc(Cl)cc1Cl)N(C)C.I. The molecule has 0 saturated heterocycles. The highest BCUT2D eigenvalue weighted by molar-refractivity contribution is 14.0. The summed E-state index contributed by atoms with van der Waals surface area (Å²) in [5, 5.41) is 4.16. The van der Waals surface area contributed by atoms with Crippen molar-refractivity contribution >= 4 is 59.0 Å². The predicted molar refractivity (Wildman–Crippen MR) is 97.8 cm³/mol. The zero-order chi connectivity index (χ0) is 14.4. The molecule has 1 N–H and O–H groups in total. The second kappa shape index (κ2) is 9.46. The molecule has 0 aliphatic heterocycles. The fraction of sp³-hybridized carbons (Fsp3) is 0.500. The number of anilines is 1. The van der Waals surface area contributed by atoms with Gasteiger partial charge in [-0.15, -0.1) is 24.0 Å². The second-order valence-electron chi connectivity index (χ2n) is 4.38. The van der Waals surface area contributed by atoms with Crippen LogP contribution in [-0.4, -0.2) is 62.0 Å². The Morgan fingerprint density at radius 1 is 1.25 bits per heavy atom. The van der Waals surface area contributed by atoms with Crippen molar-refractivity contribution in [1.29, 1.82) is 0 Å². The van der Waals surface area contributed by atoms with Crippen molar-refractivity contribution in [2.24, 2.45) is 4.99 Å². The van der Waals surface area contributed by atoms with Gasteiger partial charge < -0.3 is 15.1 Å². The number of hydrogen-bond acceptors (Lipinski definition) is 3. The van der Waals surface area contributed by atoms with Crippen molar-refractivity contribution in [1.82, 2.24) is 14.8 Å². The lowest BCUT2D eigenvalue weighted by Crippen LogP contribution is -2.35. The van der Waals surface area contributed by atoms with Gasteiger partial charge in [0, 0.05) is 40.9 Å². The quantitative estimate of drug-likeness (QED) is 0.344. The minimum Gasteiger partial charge on any atom is -0.367 e. The van der Waals surface area contributed by atoms with Crippen LogP contribution in [0.25, 0.3) is 0 Å². The van der Waals surface area contributed by atoms with E-state index in [1.54, 1.807) is 12.3 Å². The highest BCUT2D eigenvalue weighted by Gasteiger charge is 2.04. The molecule has 5 nitrogen and oxygen atoms in total. The zero-order valence-corrected chi connectivity index (χ0v) is 15.9. The molecule has 114 valence electrons. The van der Waals surface area contributed by atoms with Crippen molar-refractivity contribution < 1.29 is 0 Å². The Balaban J connectivity index is 0.00000361. The van der Waals surface area contributed by atoms with Gasteiger partial charge in [0.1, 0.15) is 5.82 Å². The van der Waals surface area contributed by atoms with Crippen molar-refractivity contribution in [2.75, 3.05) is 46.6 Å². The minimum atomic E-state index is 0. The maximum absolute atomic E-state index is 6.01. The van der Waals surface area contributed by atoms with E-state index in [9.17, 15) is 0 Å². The number of aromatic nitrogens is 1. The average molecular weight is 432 g/mol. The molecule has 0 saturated carbocycles. The fourth-order valence-corrected chi connectivity index (χ4v) is 2.00. The Morgan fingerprint density at radius 2 is 1.85 bits per heavy atom. The predicted octanol–water partition coefficient (Wildman–Crippen LogP) is 2.90. The third-order valence-electron chi connectivity index (χ3n) is 2.27. The summed E-state index contributed by atoms with van der Waals surface area (Å²) in [5.41, 5.74) is 0. The number of hydrogen-bond donors (Lipinski definition) is 1. The molecule has 0 unspecified atom stereocenters. The topological polar surface area (TPSA) is 43.8 Å². The van der Waals surface area contributed by atoms with Crippen LogP contribution in [0.5, 0.6) is 0 Å². The van der Waals surface area contributed by atoms with Crippen molar-refractivity contribution in [2.45, 2.75) is 0 Å². The van der Waals surface area contributed by atoms with Gasteiger partial charge in [0.15, 0.2) is 5.96 Å². The molecular formula is C12H20Cl2IN5. The summed E-state index contributed by atoms with van der Waals surface area (Å²) in [6, 6.07) is 1.66. The molecule has 0 fully saturated rings. The van der Waals surface area contributed by atoms with E-state index in [0.717, 1.165) is 5.96 Å². The van der Waals surface area contributed by atoms with Crippen molar-refractivity contribution in [3.63, 3.8) is 0 Å². The van der Waals surface area contributed by atoms with Crippen molar-refractivity contribution in [3.05, 3.63) is 22.3 Å². The third-order valence-corrected chi connectivity index (χ3v) is 2.76. The van der Waals surface area contributed by atoms with E-state index in [2.05, 4.69) is 15.3 Å². The molecular weight excluding hydrogens is 412 g/mol. The van der Waals surface area contributed by atoms with Gasteiger partial charge in [0.25, 0.3) is 0 Å². The maximum Gasteiger partial charge on any atom is 0.195 e. The van der Waals surface area contributed by atoms with E-state index in [1.807, 2.05) is 38.0 Å². The summed E-state index contributed by atoms with van der Waals surface area (Å²) in [5.74, 6) is 1.54. The number of nitrogens with zero attached hydrogens (tertiary/aromatic N) is 4. The van der Waals surface area contributed by atoms with Crippen LogP contribution in [0, 0.1) is 0 Å². The Kier molecular flexibility index (Phi) is 9.24. The number of halogens is 3. The van der Waals surface area contributed by atoms with Crippen LogP contribution >= 0.6 is 47.2 Å². The van der Waals surface area contributed by atoms with Gasteiger partial charge in [0.05, 0.1) is 16.6 Å².